The van der Waals surface area contributed by atoms with Crippen LogP contribution in [0.4, 0.5) is 0 Å². The summed E-state index contributed by atoms with van der Waals surface area (Å²) in [4.78, 5) is 48.6. The zero-order valence-corrected chi connectivity index (χ0v) is 27.9. The van der Waals surface area contributed by atoms with E-state index >= 15 is 0 Å². The van der Waals surface area contributed by atoms with Crippen molar-refractivity contribution in [2.75, 3.05) is 0 Å². The molecular weight excluding hydrogens is 680 g/mol. The van der Waals surface area contributed by atoms with E-state index in [2.05, 4.69) is 0 Å². The van der Waals surface area contributed by atoms with Gasteiger partial charge in [0.2, 0.25) is 0 Å². The third-order valence-corrected chi connectivity index (χ3v) is 9.04. The minimum absolute atomic E-state index is 0. The van der Waals surface area contributed by atoms with Gasteiger partial charge in [-0.05, 0) is 56.7 Å². The Labute approximate surface area is 304 Å². The molecule has 7 heteroatoms. The largest absolute Gasteiger partial charge is 2.00 e. The molecule has 0 unspecified atom stereocenters. The number of aromatic nitrogens is 4. The molecule has 51 heavy (non-hydrogen) atoms. The molecule has 0 atom stereocenters. The zero-order valence-electron chi connectivity index (χ0n) is 26.9. The van der Waals surface area contributed by atoms with Crippen molar-refractivity contribution in [3.63, 3.8) is 0 Å². The third-order valence-electron chi connectivity index (χ3n) is 9.04. The molecule has 2 aliphatic heterocycles. The van der Waals surface area contributed by atoms with Crippen molar-refractivity contribution < 1.29 is 26.7 Å². The Bertz CT molecular complexity index is 2480. The fourth-order valence-corrected chi connectivity index (χ4v) is 6.77. The van der Waals surface area contributed by atoms with Gasteiger partial charge >= 0.3 is 17.1 Å². The van der Waals surface area contributed by atoms with Crippen LogP contribution in [0.25, 0.3) is 78.7 Å². The molecule has 0 saturated carbocycles. The molecule has 8 bridgehead atoms. The Hall–Kier alpha value is -6.40. The van der Waals surface area contributed by atoms with Crippen LogP contribution in [0.3, 0.4) is 0 Å². The number of rotatable bonds is 4. The second-order valence-electron chi connectivity index (χ2n) is 12.1. The van der Waals surface area contributed by atoms with E-state index in [1.54, 1.807) is 0 Å². The second-order valence-corrected chi connectivity index (χ2v) is 12.1. The van der Waals surface area contributed by atoms with E-state index in [0.717, 1.165) is 44.8 Å². The van der Waals surface area contributed by atoms with Crippen LogP contribution in [-0.2, 0) is 17.1 Å². The normalized spacial score (nSPS) is 12.2. The van der Waals surface area contributed by atoms with Gasteiger partial charge in [-0.1, -0.05) is 146 Å². The smallest absolute Gasteiger partial charge is 0.657 e. The molecule has 0 fully saturated rings. The summed E-state index contributed by atoms with van der Waals surface area (Å²) in [6.45, 7) is 0. The van der Waals surface area contributed by atoms with Crippen LogP contribution in [0.15, 0.2) is 146 Å². The Morgan fingerprint density at radius 1 is 0.353 bits per heavy atom. The molecule has 0 N–H and O–H groups in total. The first-order valence-electron chi connectivity index (χ1n) is 16.3. The number of carbonyl (C=O) groups excluding carboxylic acids is 2. The fourth-order valence-electron chi connectivity index (χ4n) is 6.77. The minimum atomic E-state index is -0.682. The van der Waals surface area contributed by atoms with Gasteiger partial charge in [0.1, 0.15) is 11.4 Å². The molecule has 0 saturated heterocycles. The average molecular weight is 706 g/mol. The van der Waals surface area contributed by atoms with Crippen molar-refractivity contribution >= 4 is 45.8 Å². The monoisotopic (exact) mass is 705 g/mol. The first-order chi connectivity index (χ1) is 24.6. The molecular formula is C44H26CuN4O2. The predicted octanol–water partition coefficient (Wildman–Crippen LogP) is 9.47. The van der Waals surface area contributed by atoms with Crippen LogP contribution in [0.5, 0.6) is 0 Å². The molecule has 9 rings (SSSR count). The summed E-state index contributed by atoms with van der Waals surface area (Å²) in [5.74, 6) is -1.36. The summed E-state index contributed by atoms with van der Waals surface area (Å²) in [5, 5.41) is 0. The first-order valence-corrected chi connectivity index (χ1v) is 16.3. The maximum atomic E-state index is 14.1. The minimum Gasteiger partial charge on any atom is -0.657 e. The van der Waals surface area contributed by atoms with Crippen LogP contribution in [0, 0.1) is 0 Å². The average Bonchev–Trinajstić information content (AvgIpc) is 3.99. The van der Waals surface area contributed by atoms with Crippen LogP contribution in [-0.4, -0.2) is 21.5 Å². The van der Waals surface area contributed by atoms with Gasteiger partial charge in [-0.3, -0.25) is 9.59 Å². The van der Waals surface area contributed by atoms with Crippen molar-refractivity contribution in [1.82, 2.24) is 19.9 Å². The number of hydrogen-bond donors (Lipinski definition) is 0. The van der Waals surface area contributed by atoms with Gasteiger partial charge in [0.25, 0.3) is 11.6 Å². The summed E-state index contributed by atoms with van der Waals surface area (Å²) >= 11 is 0. The SMILES string of the molecule is O=C1C(=O)c2nc1c(-c1ccccc1)c1ccc([n-]1)c(-c1ccccc1)c1nc(c(-c3ccccc3)c3ccc([n-]3)c2-c2ccccc2)C=C1.[Cu+2]. The van der Waals surface area contributed by atoms with Gasteiger partial charge < -0.3 is 9.97 Å². The fraction of sp³-hybridized carbons (Fsp3) is 0. The summed E-state index contributed by atoms with van der Waals surface area (Å²) in [7, 11) is 0. The molecule has 1 radical (unpaired) electrons. The van der Waals surface area contributed by atoms with E-state index < -0.39 is 11.6 Å². The number of fused-ring (bicyclic) bond motifs is 8. The predicted molar refractivity (Wildman–Crippen MR) is 198 cm³/mol. The van der Waals surface area contributed by atoms with Crippen LogP contribution in [0.1, 0.15) is 32.4 Å². The summed E-state index contributed by atoms with van der Waals surface area (Å²) in [6, 6.07) is 46.7. The van der Waals surface area contributed by atoms with E-state index in [1.165, 1.54) is 0 Å². The van der Waals surface area contributed by atoms with Gasteiger partial charge in [0.05, 0.1) is 11.4 Å². The number of hydrogen-bond acceptors (Lipinski definition) is 4. The molecule has 3 aromatic heterocycles. The molecule has 7 aromatic rings. The van der Waals surface area contributed by atoms with Crippen molar-refractivity contribution in [2.24, 2.45) is 0 Å². The second kappa shape index (κ2) is 13.1. The summed E-state index contributed by atoms with van der Waals surface area (Å²) in [6.07, 6.45) is 4.04. The first kappa shape index (κ1) is 31.8. The van der Waals surface area contributed by atoms with Crippen molar-refractivity contribution in [1.29, 1.82) is 0 Å². The van der Waals surface area contributed by atoms with Crippen molar-refractivity contribution in [2.45, 2.75) is 0 Å². The zero-order chi connectivity index (χ0) is 33.6. The molecule has 5 heterocycles. The molecule has 0 aliphatic carbocycles. The number of Topliss-reactive ketones (excluding diaryl/α,β-unsaturated/α-hetero) is 2. The van der Waals surface area contributed by atoms with E-state index in [9.17, 15) is 9.59 Å². The van der Waals surface area contributed by atoms with E-state index in [0.29, 0.717) is 33.2 Å². The maximum Gasteiger partial charge on any atom is 2.00 e. The molecule has 2 aliphatic rings. The number of benzene rings is 4. The molecule has 4 aromatic carbocycles. The number of carbonyl (C=O) groups is 2. The van der Waals surface area contributed by atoms with Crippen molar-refractivity contribution in [3.05, 3.63) is 168 Å². The van der Waals surface area contributed by atoms with Crippen molar-refractivity contribution in [3.8, 4) is 44.5 Å². The van der Waals surface area contributed by atoms with E-state index in [-0.39, 0.29) is 28.5 Å². The maximum absolute atomic E-state index is 14.1. The molecule has 245 valence electrons. The van der Waals surface area contributed by atoms with Gasteiger partial charge in [-0.2, -0.15) is 0 Å². The van der Waals surface area contributed by atoms with E-state index in [1.807, 2.05) is 158 Å². The van der Waals surface area contributed by atoms with Gasteiger partial charge in [-0.15, -0.1) is 22.1 Å². The molecule has 0 amide bonds. The summed E-state index contributed by atoms with van der Waals surface area (Å²) in [5.41, 5.74) is 10.1. The Morgan fingerprint density at radius 2 is 0.647 bits per heavy atom. The Balaban J connectivity index is 0.00000374. The topological polar surface area (TPSA) is 88.1 Å². The Kier molecular flexibility index (Phi) is 8.20. The van der Waals surface area contributed by atoms with E-state index in [4.69, 9.17) is 19.9 Å². The standard InChI is InChI=1S/C44H28N4O2.Cu/c49-43-41-39(29-17-9-3-10-18-29)35-25-23-33(46-35)37(27-13-5-1-6-14-27)31-21-22-32(45-31)38(28-15-7-2-8-16-28)34-24-26-36(47-34)40(42(48-41)44(43)50)30-19-11-4-12-20-30;/h1-26H,(H2,45,46,47,48,49,50);/q;+2/p-2. The number of nitrogens with zero attached hydrogens (tertiary/aromatic N) is 4. The third kappa shape index (κ3) is 5.55. The van der Waals surface area contributed by atoms with Crippen LogP contribution < -0.4 is 9.97 Å². The molecule has 6 nitrogen and oxygen atoms in total. The quantitative estimate of drug-likeness (QED) is 0.134. The van der Waals surface area contributed by atoms with Crippen LogP contribution >= 0.6 is 0 Å². The Morgan fingerprint density at radius 3 is 0.980 bits per heavy atom. The van der Waals surface area contributed by atoms with Gasteiger partial charge in [0, 0.05) is 0 Å². The van der Waals surface area contributed by atoms with Gasteiger partial charge in [0.15, 0.2) is 0 Å². The van der Waals surface area contributed by atoms with Crippen LogP contribution in [0.2, 0.25) is 0 Å². The number of ketones is 2. The van der Waals surface area contributed by atoms with Gasteiger partial charge in [-0.25, -0.2) is 9.97 Å². The molecule has 0 spiro atoms. The summed E-state index contributed by atoms with van der Waals surface area (Å²) < 4.78 is 0.